The van der Waals surface area contributed by atoms with Gasteiger partial charge in [-0.1, -0.05) is 24.3 Å². The highest BCUT2D eigenvalue weighted by molar-refractivity contribution is 5.83. The number of hydrazone groups is 1. The molecule has 2 N–H and O–H groups in total. The summed E-state index contributed by atoms with van der Waals surface area (Å²) in [7, 11) is 0. The molecule has 0 aliphatic carbocycles. The minimum Gasteiger partial charge on any atom is -0.508 e. The first-order chi connectivity index (χ1) is 11.0. The van der Waals surface area contributed by atoms with Crippen LogP contribution in [0.25, 0.3) is 0 Å². The van der Waals surface area contributed by atoms with Crippen molar-refractivity contribution in [3.8, 4) is 11.5 Å². The molecule has 5 heteroatoms. The molecule has 0 fully saturated rings. The molecule has 5 nitrogen and oxygen atoms in total. The second-order valence-corrected chi connectivity index (χ2v) is 5.33. The Bertz CT molecular complexity index is 739. The Balaban J connectivity index is 1.90. The maximum Gasteiger partial charge on any atom is 0.277 e. The van der Waals surface area contributed by atoms with Gasteiger partial charge in [0.2, 0.25) is 0 Å². The summed E-state index contributed by atoms with van der Waals surface area (Å²) in [6.45, 7) is 5.80. The first kappa shape index (κ1) is 16.5. The average Bonchev–Trinajstić information content (AvgIpc) is 2.51. The lowest BCUT2D eigenvalue weighted by Crippen LogP contribution is -2.25. The predicted octanol–water partition coefficient (Wildman–Crippen LogP) is 2.85. The zero-order chi connectivity index (χ0) is 16.8. The van der Waals surface area contributed by atoms with Crippen molar-refractivity contribution in [2.24, 2.45) is 5.10 Å². The summed E-state index contributed by atoms with van der Waals surface area (Å²) < 4.78 is 5.61. The molecule has 23 heavy (non-hydrogen) atoms. The summed E-state index contributed by atoms with van der Waals surface area (Å²) in [5.74, 6) is 0.535. The first-order valence-corrected chi connectivity index (χ1v) is 7.28. The summed E-state index contributed by atoms with van der Waals surface area (Å²) in [5, 5.41) is 13.2. The molecule has 0 atom stereocenters. The third kappa shape index (κ3) is 4.57. The van der Waals surface area contributed by atoms with Gasteiger partial charge in [-0.05, 0) is 55.2 Å². The molecule has 1 amide bonds. The van der Waals surface area contributed by atoms with E-state index in [4.69, 9.17) is 4.74 Å². The number of phenols is 1. The Kier molecular flexibility index (Phi) is 5.36. The van der Waals surface area contributed by atoms with Crippen LogP contribution in [0.4, 0.5) is 0 Å². The second kappa shape index (κ2) is 7.45. The highest BCUT2D eigenvalue weighted by Gasteiger charge is 2.08. The number of nitrogens with zero attached hydrogens (tertiary/aromatic N) is 1. The molecule has 0 aromatic heterocycles. The van der Waals surface area contributed by atoms with Crippen LogP contribution in [0, 0.1) is 20.8 Å². The summed E-state index contributed by atoms with van der Waals surface area (Å²) in [4.78, 5) is 11.8. The quantitative estimate of drug-likeness (QED) is 0.659. The first-order valence-electron chi connectivity index (χ1n) is 7.28. The number of amides is 1. The van der Waals surface area contributed by atoms with Crippen LogP contribution in [-0.2, 0) is 4.79 Å². The van der Waals surface area contributed by atoms with Gasteiger partial charge in [0.15, 0.2) is 6.61 Å². The van der Waals surface area contributed by atoms with Crippen molar-refractivity contribution in [3.63, 3.8) is 0 Å². The lowest BCUT2D eigenvalue weighted by Gasteiger charge is -2.13. The summed E-state index contributed by atoms with van der Waals surface area (Å²) in [6.07, 6.45) is 1.46. The van der Waals surface area contributed by atoms with Gasteiger partial charge < -0.3 is 9.84 Å². The van der Waals surface area contributed by atoms with Gasteiger partial charge in [-0.2, -0.15) is 5.10 Å². The molecule has 0 aliphatic rings. The fourth-order valence-corrected chi connectivity index (χ4v) is 2.10. The van der Waals surface area contributed by atoms with Crippen molar-refractivity contribution in [1.82, 2.24) is 5.43 Å². The van der Waals surface area contributed by atoms with E-state index in [9.17, 15) is 9.90 Å². The highest BCUT2D eigenvalue weighted by atomic mass is 16.5. The molecule has 2 aromatic carbocycles. The maximum atomic E-state index is 11.8. The monoisotopic (exact) mass is 312 g/mol. The van der Waals surface area contributed by atoms with E-state index in [0.29, 0.717) is 5.56 Å². The van der Waals surface area contributed by atoms with Crippen molar-refractivity contribution < 1.29 is 14.6 Å². The van der Waals surface area contributed by atoms with E-state index in [1.54, 1.807) is 24.3 Å². The number of rotatable bonds is 5. The van der Waals surface area contributed by atoms with E-state index < -0.39 is 0 Å². The third-order valence-corrected chi connectivity index (χ3v) is 3.49. The largest absolute Gasteiger partial charge is 0.508 e. The second-order valence-electron chi connectivity index (χ2n) is 5.33. The van der Waals surface area contributed by atoms with Gasteiger partial charge in [0.05, 0.1) is 6.21 Å². The molecule has 0 unspecified atom stereocenters. The van der Waals surface area contributed by atoms with Crippen LogP contribution in [0.2, 0.25) is 0 Å². The number of aromatic hydroxyl groups is 1. The number of carbonyl (C=O) groups is 1. The average molecular weight is 312 g/mol. The number of carbonyl (C=O) groups excluding carboxylic acids is 1. The van der Waals surface area contributed by atoms with Crippen molar-refractivity contribution in [1.29, 1.82) is 0 Å². The van der Waals surface area contributed by atoms with E-state index in [1.165, 1.54) is 6.21 Å². The van der Waals surface area contributed by atoms with Crippen LogP contribution in [0.3, 0.4) is 0 Å². The summed E-state index contributed by atoms with van der Waals surface area (Å²) >= 11 is 0. The van der Waals surface area contributed by atoms with Gasteiger partial charge in [0.1, 0.15) is 11.5 Å². The molecule has 0 spiro atoms. The predicted molar refractivity (Wildman–Crippen MR) is 90.0 cm³/mol. The smallest absolute Gasteiger partial charge is 0.277 e. The van der Waals surface area contributed by atoms with Crippen LogP contribution >= 0.6 is 0 Å². The van der Waals surface area contributed by atoms with E-state index in [-0.39, 0.29) is 18.3 Å². The Morgan fingerprint density at radius 3 is 2.70 bits per heavy atom. The number of nitrogens with one attached hydrogen (secondary N) is 1. The Morgan fingerprint density at radius 2 is 1.96 bits per heavy atom. The number of phenolic OH excluding ortho intramolecular Hbond substituents is 1. The lowest BCUT2D eigenvalue weighted by molar-refractivity contribution is -0.123. The van der Waals surface area contributed by atoms with E-state index in [1.807, 2.05) is 32.9 Å². The van der Waals surface area contributed by atoms with E-state index >= 15 is 0 Å². The normalized spacial score (nSPS) is 10.7. The van der Waals surface area contributed by atoms with Gasteiger partial charge in [0, 0.05) is 0 Å². The fourth-order valence-electron chi connectivity index (χ4n) is 2.10. The van der Waals surface area contributed by atoms with Gasteiger partial charge in [-0.3, -0.25) is 4.79 Å². The molecule has 2 rings (SSSR count). The number of hydrogen-bond acceptors (Lipinski definition) is 4. The zero-order valence-corrected chi connectivity index (χ0v) is 13.5. The minimum atomic E-state index is -0.346. The molecule has 0 radical (unpaired) electrons. The molecule has 120 valence electrons. The van der Waals surface area contributed by atoms with Crippen molar-refractivity contribution in [2.75, 3.05) is 6.61 Å². The van der Waals surface area contributed by atoms with Crippen LogP contribution in [0.5, 0.6) is 11.5 Å². The van der Waals surface area contributed by atoms with Crippen LogP contribution in [0.15, 0.2) is 41.5 Å². The summed E-state index contributed by atoms with van der Waals surface area (Å²) in [5.41, 5.74) is 6.23. The third-order valence-electron chi connectivity index (χ3n) is 3.49. The topological polar surface area (TPSA) is 70.9 Å². The molecular weight excluding hydrogens is 292 g/mol. The number of aryl methyl sites for hydroxylation is 2. The van der Waals surface area contributed by atoms with Crippen LogP contribution in [0.1, 0.15) is 22.3 Å². The van der Waals surface area contributed by atoms with E-state index in [2.05, 4.69) is 10.5 Å². The fraction of sp³-hybridized carbons (Fsp3) is 0.222. The van der Waals surface area contributed by atoms with Crippen molar-refractivity contribution >= 4 is 12.1 Å². The van der Waals surface area contributed by atoms with Crippen LogP contribution < -0.4 is 10.2 Å². The number of hydrogen-bond donors (Lipinski definition) is 2. The molecule has 0 saturated carbocycles. The minimum absolute atomic E-state index is 0.109. The van der Waals surface area contributed by atoms with Crippen LogP contribution in [-0.4, -0.2) is 23.8 Å². The molecular formula is C18H20N2O3. The Labute approximate surface area is 135 Å². The molecule has 0 saturated heterocycles. The van der Waals surface area contributed by atoms with Gasteiger partial charge in [-0.25, -0.2) is 5.43 Å². The number of benzene rings is 2. The SMILES string of the molecule is Cc1ccc(C)c(OCC(=O)N/N=C/c2cccc(O)c2)c1C. The molecule has 2 aromatic rings. The van der Waals surface area contributed by atoms with Crippen molar-refractivity contribution in [3.05, 3.63) is 58.7 Å². The highest BCUT2D eigenvalue weighted by Crippen LogP contribution is 2.25. The molecule has 0 heterocycles. The molecule has 0 bridgehead atoms. The van der Waals surface area contributed by atoms with E-state index in [0.717, 1.165) is 22.4 Å². The number of ether oxygens (including phenoxy) is 1. The molecule has 0 aliphatic heterocycles. The van der Waals surface area contributed by atoms with Crippen molar-refractivity contribution in [2.45, 2.75) is 20.8 Å². The van der Waals surface area contributed by atoms with Gasteiger partial charge in [-0.15, -0.1) is 0 Å². The maximum absolute atomic E-state index is 11.8. The van der Waals surface area contributed by atoms with Gasteiger partial charge in [0.25, 0.3) is 5.91 Å². The standard InChI is InChI=1S/C18H20N2O3/c1-12-7-8-13(2)18(14(12)3)23-11-17(22)20-19-10-15-5-4-6-16(21)9-15/h4-10,21H,11H2,1-3H3,(H,20,22)/b19-10+. The lowest BCUT2D eigenvalue weighted by atomic mass is 10.1. The summed E-state index contributed by atoms with van der Waals surface area (Å²) in [6, 6.07) is 10.6. The Hall–Kier alpha value is -2.82. The zero-order valence-electron chi connectivity index (χ0n) is 13.5. The Morgan fingerprint density at radius 1 is 1.22 bits per heavy atom. The van der Waals surface area contributed by atoms with Gasteiger partial charge >= 0.3 is 0 Å².